The minimum atomic E-state index is -3.55. The number of hydrogen-bond donors (Lipinski definition) is 0. The van der Waals surface area contributed by atoms with Gasteiger partial charge in [-0.05, 0) is 60.6 Å². The van der Waals surface area contributed by atoms with Gasteiger partial charge in [0.05, 0.1) is 4.90 Å². The molecule has 2 aromatic carbocycles. The van der Waals surface area contributed by atoms with E-state index in [4.69, 9.17) is 4.98 Å². The van der Waals surface area contributed by atoms with Gasteiger partial charge in [0, 0.05) is 51.0 Å². The van der Waals surface area contributed by atoms with Gasteiger partial charge in [-0.25, -0.2) is 13.4 Å². The number of piperazine rings is 1. The maximum Gasteiger partial charge on any atom is 0.243 e. The number of hydrogen-bond acceptors (Lipinski definition) is 6. The van der Waals surface area contributed by atoms with Crippen LogP contribution in [0.4, 0.5) is 11.8 Å². The molecular formula is C26H29N5O2S. The number of benzene rings is 2. The molecule has 6 rings (SSSR count). The third-order valence-electron chi connectivity index (χ3n) is 7.18. The smallest absolute Gasteiger partial charge is 0.243 e. The van der Waals surface area contributed by atoms with Crippen LogP contribution in [0.15, 0.2) is 53.4 Å². The van der Waals surface area contributed by atoms with Crippen LogP contribution in [0.25, 0.3) is 11.1 Å². The van der Waals surface area contributed by atoms with E-state index in [0.29, 0.717) is 37.0 Å². The molecule has 0 amide bonds. The summed E-state index contributed by atoms with van der Waals surface area (Å²) in [5.74, 6) is 1.68. The highest BCUT2D eigenvalue weighted by atomic mass is 32.2. The van der Waals surface area contributed by atoms with Crippen LogP contribution < -0.4 is 9.80 Å². The number of aryl methyl sites for hydroxylation is 1. The summed E-state index contributed by atoms with van der Waals surface area (Å²) in [5.41, 5.74) is 5.64. The van der Waals surface area contributed by atoms with E-state index in [-0.39, 0.29) is 0 Å². The number of anilines is 2. The fourth-order valence-electron chi connectivity index (χ4n) is 5.35. The summed E-state index contributed by atoms with van der Waals surface area (Å²) >= 11 is 0. The predicted molar refractivity (Wildman–Crippen MR) is 134 cm³/mol. The Balaban J connectivity index is 1.18. The Morgan fingerprint density at radius 3 is 2.29 bits per heavy atom. The monoisotopic (exact) mass is 475 g/mol. The van der Waals surface area contributed by atoms with Gasteiger partial charge < -0.3 is 9.80 Å². The molecule has 0 spiro atoms. The molecule has 2 saturated heterocycles. The first-order valence-corrected chi connectivity index (χ1v) is 13.5. The molecular weight excluding hydrogens is 446 g/mol. The Morgan fingerprint density at radius 2 is 1.50 bits per heavy atom. The Kier molecular flexibility index (Phi) is 5.30. The average molecular weight is 476 g/mol. The van der Waals surface area contributed by atoms with E-state index in [2.05, 4.69) is 26.9 Å². The molecule has 2 fully saturated rings. The van der Waals surface area contributed by atoms with Crippen LogP contribution >= 0.6 is 0 Å². The minimum Gasteiger partial charge on any atom is -0.356 e. The van der Waals surface area contributed by atoms with Gasteiger partial charge in [0.1, 0.15) is 5.82 Å². The van der Waals surface area contributed by atoms with Crippen LogP contribution in [-0.2, 0) is 16.4 Å². The zero-order chi connectivity index (χ0) is 23.3. The Morgan fingerprint density at radius 1 is 0.765 bits per heavy atom. The average Bonchev–Trinajstić information content (AvgIpc) is 3.51. The van der Waals surface area contributed by atoms with Crippen LogP contribution in [-0.4, -0.2) is 62.0 Å². The first-order chi connectivity index (χ1) is 16.5. The van der Waals surface area contributed by atoms with Crippen molar-refractivity contribution in [3.63, 3.8) is 0 Å². The molecule has 0 radical (unpaired) electrons. The first-order valence-electron chi connectivity index (χ1n) is 12.1. The highest BCUT2D eigenvalue weighted by molar-refractivity contribution is 7.89. The van der Waals surface area contributed by atoms with Gasteiger partial charge >= 0.3 is 0 Å². The SMILES string of the molecule is Cc1cc(N2CCCC2)nc(N2CCN(S(=O)(=O)c3ccc4c(c3)Cc3ccccc3-4)CC2)n1. The number of aromatic nitrogens is 2. The molecule has 176 valence electrons. The van der Waals surface area contributed by atoms with Crippen molar-refractivity contribution >= 4 is 21.8 Å². The Labute approximate surface area is 201 Å². The van der Waals surface area contributed by atoms with Crippen molar-refractivity contribution in [2.24, 2.45) is 0 Å². The predicted octanol–water partition coefficient (Wildman–Crippen LogP) is 3.47. The molecule has 0 bridgehead atoms. The van der Waals surface area contributed by atoms with Crippen molar-refractivity contribution in [1.29, 1.82) is 0 Å². The molecule has 0 saturated carbocycles. The van der Waals surface area contributed by atoms with Crippen LogP contribution in [0.2, 0.25) is 0 Å². The lowest BCUT2D eigenvalue weighted by atomic mass is 10.1. The molecule has 3 aromatic rings. The van der Waals surface area contributed by atoms with Crippen molar-refractivity contribution in [3.8, 4) is 11.1 Å². The second-order valence-electron chi connectivity index (χ2n) is 9.41. The van der Waals surface area contributed by atoms with E-state index in [1.165, 1.54) is 24.0 Å². The van der Waals surface area contributed by atoms with Gasteiger partial charge in [0.2, 0.25) is 16.0 Å². The van der Waals surface area contributed by atoms with Crippen LogP contribution in [0, 0.1) is 6.92 Å². The van der Waals surface area contributed by atoms with Gasteiger partial charge in [-0.2, -0.15) is 9.29 Å². The fraction of sp³-hybridized carbons (Fsp3) is 0.385. The molecule has 1 aliphatic carbocycles. The number of rotatable bonds is 4. The van der Waals surface area contributed by atoms with E-state index in [0.717, 1.165) is 42.1 Å². The first kappa shape index (κ1) is 21.6. The lowest BCUT2D eigenvalue weighted by Crippen LogP contribution is -2.49. The quantitative estimate of drug-likeness (QED) is 0.450. The lowest BCUT2D eigenvalue weighted by Gasteiger charge is -2.34. The number of fused-ring (bicyclic) bond motifs is 3. The Bertz CT molecular complexity index is 1340. The highest BCUT2D eigenvalue weighted by Gasteiger charge is 2.31. The molecule has 1 aromatic heterocycles. The normalized spacial score (nSPS) is 18.3. The summed E-state index contributed by atoms with van der Waals surface area (Å²) in [7, 11) is -3.55. The molecule has 8 heteroatoms. The van der Waals surface area contributed by atoms with Crippen molar-refractivity contribution in [2.75, 3.05) is 49.1 Å². The maximum atomic E-state index is 13.5. The van der Waals surface area contributed by atoms with Crippen LogP contribution in [0.1, 0.15) is 29.7 Å². The molecule has 3 heterocycles. The topological polar surface area (TPSA) is 69.6 Å². The zero-order valence-electron chi connectivity index (χ0n) is 19.4. The molecule has 0 atom stereocenters. The van der Waals surface area contributed by atoms with E-state index in [1.807, 2.05) is 37.3 Å². The number of sulfonamides is 1. The molecule has 34 heavy (non-hydrogen) atoms. The third-order valence-corrected chi connectivity index (χ3v) is 9.08. The lowest BCUT2D eigenvalue weighted by molar-refractivity contribution is 0.382. The largest absolute Gasteiger partial charge is 0.356 e. The maximum absolute atomic E-state index is 13.5. The van der Waals surface area contributed by atoms with E-state index in [9.17, 15) is 8.42 Å². The standard InChI is InChI=1S/C26H29N5O2S/c1-19-16-25(29-10-4-5-11-29)28-26(27-19)30-12-14-31(15-13-30)34(32,33)22-8-9-24-21(18-22)17-20-6-2-3-7-23(20)24/h2-3,6-9,16,18H,4-5,10-15,17H2,1H3. The van der Waals surface area contributed by atoms with E-state index >= 15 is 0 Å². The van der Waals surface area contributed by atoms with Gasteiger partial charge in [0.15, 0.2) is 0 Å². The molecule has 2 aliphatic heterocycles. The summed E-state index contributed by atoms with van der Waals surface area (Å²) in [6, 6.07) is 15.9. The second kappa shape index (κ2) is 8.36. The summed E-state index contributed by atoms with van der Waals surface area (Å²) in [6.07, 6.45) is 3.18. The summed E-state index contributed by atoms with van der Waals surface area (Å²) < 4.78 is 28.5. The van der Waals surface area contributed by atoms with Gasteiger partial charge in [-0.3, -0.25) is 0 Å². The molecule has 0 N–H and O–H groups in total. The summed E-state index contributed by atoms with van der Waals surface area (Å²) in [6.45, 7) is 6.09. The van der Waals surface area contributed by atoms with Crippen molar-refractivity contribution < 1.29 is 8.42 Å². The summed E-state index contributed by atoms with van der Waals surface area (Å²) in [4.78, 5) is 14.3. The highest BCUT2D eigenvalue weighted by Crippen LogP contribution is 2.37. The van der Waals surface area contributed by atoms with Crippen molar-refractivity contribution in [3.05, 3.63) is 65.4 Å². The van der Waals surface area contributed by atoms with Crippen LogP contribution in [0.3, 0.4) is 0 Å². The van der Waals surface area contributed by atoms with Crippen molar-refractivity contribution in [1.82, 2.24) is 14.3 Å². The zero-order valence-corrected chi connectivity index (χ0v) is 20.3. The third kappa shape index (κ3) is 3.75. The van der Waals surface area contributed by atoms with E-state index < -0.39 is 10.0 Å². The molecule has 3 aliphatic rings. The van der Waals surface area contributed by atoms with Crippen molar-refractivity contribution in [2.45, 2.75) is 31.1 Å². The summed E-state index contributed by atoms with van der Waals surface area (Å²) in [5, 5.41) is 0. The van der Waals surface area contributed by atoms with Gasteiger partial charge in [-0.1, -0.05) is 30.3 Å². The Hall–Kier alpha value is -2.97. The van der Waals surface area contributed by atoms with E-state index in [1.54, 1.807) is 10.4 Å². The fourth-order valence-corrected chi connectivity index (χ4v) is 6.82. The second-order valence-corrected chi connectivity index (χ2v) is 11.3. The van der Waals surface area contributed by atoms with Crippen LogP contribution in [0.5, 0.6) is 0 Å². The molecule has 0 unspecified atom stereocenters. The van der Waals surface area contributed by atoms with Gasteiger partial charge in [0.25, 0.3) is 0 Å². The number of nitrogens with zero attached hydrogens (tertiary/aromatic N) is 5. The molecule has 7 nitrogen and oxygen atoms in total. The van der Waals surface area contributed by atoms with Gasteiger partial charge in [-0.15, -0.1) is 0 Å². The minimum absolute atomic E-state index is 0.385.